The van der Waals surface area contributed by atoms with Gasteiger partial charge in [-0.25, -0.2) is 0 Å². The zero-order chi connectivity index (χ0) is 14.0. The molecule has 0 bridgehead atoms. The second-order valence-electron chi connectivity index (χ2n) is 6.10. The van der Waals surface area contributed by atoms with Crippen molar-refractivity contribution in [3.63, 3.8) is 0 Å². The van der Waals surface area contributed by atoms with Crippen LogP contribution in [0.3, 0.4) is 0 Å². The number of hydrogen-bond donors (Lipinski definition) is 1. The molecular formula is C15H26N2O2. The molecule has 2 amide bonds. The summed E-state index contributed by atoms with van der Waals surface area (Å²) in [7, 11) is 0. The van der Waals surface area contributed by atoms with Crippen LogP contribution in [0.5, 0.6) is 0 Å². The van der Waals surface area contributed by atoms with E-state index in [4.69, 9.17) is 0 Å². The predicted octanol–water partition coefficient (Wildman–Crippen LogP) is 2.08. The van der Waals surface area contributed by atoms with Crippen molar-refractivity contribution in [1.29, 1.82) is 0 Å². The van der Waals surface area contributed by atoms with E-state index in [1.807, 2.05) is 18.7 Å². The average molecular weight is 266 g/mol. The number of hydrogen-bond acceptors (Lipinski definition) is 2. The third kappa shape index (κ3) is 2.63. The van der Waals surface area contributed by atoms with Crippen LogP contribution in [-0.2, 0) is 9.59 Å². The lowest BCUT2D eigenvalue weighted by Crippen LogP contribution is -2.70. The van der Waals surface area contributed by atoms with E-state index in [2.05, 4.69) is 12.2 Å². The Balaban J connectivity index is 2.14. The smallest absolute Gasteiger partial charge is 0.249 e. The largest absolute Gasteiger partial charge is 0.340 e. The molecule has 2 rings (SSSR count). The molecule has 19 heavy (non-hydrogen) atoms. The summed E-state index contributed by atoms with van der Waals surface area (Å²) in [5.74, 6) is 0.515. The summed E-state index contributed by atoms with van der Waals surface area (Å²) < 4.78 is 0. The van der Waals surface area contributed by atoms with Gasteiger partial charge in [-0.15, -0.1) is 0 Å². The molecule has 1 saturated carbocycles. The maximum absolute atomic E-state index is 12.7. The van der Waals surface area contributed by atoms with Crippen molar-refractivity contribution in [1.82, 2.24) is 10.2 Å². The number of carbonyl (C=O) groups excluding carboxylic acids is 2. The minimum absolute atomic E-state index is 0.0352. The van der Waals surface area contributed by atoms with Crippen molar-refractivity contribution in [2.24, 2.45) is 5.92 Å². The topological polar surface area (TPSA) is 49.4 Å². The van der Waals surface area contributed by atoms with Crippen molar-refractivity contribution in [3.8, 4) is 0 Å². The lowest BCUT2D eigenvalue weighted by atomic mass is 9.88. The number of unbranched alkanes of at least 4 members (excludes halogenated alkanes) is 2. The maximum Gasteiger partial charge on any atom is 0.249 e. The average Bonchev–Trinajstić information content (AvgIpc) is 3.20. The predicted molar refractivity (Wildman–Crippen MR) is 74.6 cm³/mol. The Labute approximate surface area is 115 Å². The van der Waals surface area contributed by atoms with Crippen LogP contribution in [0.4, 0.5) is 0 Å². The first-order valence-corrected chi connectivity index (χ1v) is 7.67. The van der Waals surface area contributed by atoms with E-state index in [-0.39, 0.29) is 17.9 Å². The molecule has 108 valence electrons. The molecule has 4 heteroatoms. The van der Waals surface area contributed by atoms with Gasteiger partial charge in [-0.3, -0.25) is 9.59 Å². The summed E-state index contributed by atoms with van der Waals surface area (Å²) in [6, 6.07) is -0.267. The quantitative estimate of drug-likeness (QED) is 0.748. The Kier molecular flexibility index (Phi) is 4.16. The monoisotopic (exact) mass is 266 g/mol. The van der Waals surface area contributed by atoms with Gasteiger partial charge in [0.1, 0.15) is 11.6 Å². The van der Waals surface area contributed by atoms with Crippen LogP contribution in [-0.4, -0.2) is 34.8 Å². The van der Waals surface area contributed by atoms with E-state index in [1.165, 1.54) is 0 Å². The normalized spacial score (nSPS) is 31.5. The molecule has 1 heterocycles. The Morgan fingerprint density at radius 1 is 1.26 bits per heavy atom. The first kappa shape index (κ1) is 14.4. The fourth-order valence-electron chi connectivity index (χ4n) is 3.11. The third-order valence-corrected chi connectivity index (χ3v) is 4.55. The van der Waals surface area contributed by atoms with Crippen molar-refractivity contribution in [2.75, 3.05) is 6.54 Å². The van der Waals surface area contributed by atoms with E-state index in [0.29, 0.717) is 12.3 Å². The number of rotatable bonds is 6. The first-order chi connectivity index (χ1) is 9.04. The molecule has 2 unspecified atom stereocenters. The second kappa shape index (κ2) is 5.51. The maximum atomic E-state index is 12.7. The molecule has 1 N–H and O–H groups in total. The van der Waals surface area contributed by atoms with Gasteiger partial charge in [-0.2, -0.15) is 0 Å². The fraction of sp³-hybridized carbons (Fsp3) is 0.867. The summed E-state index contributed by atoms with van der Waals surface area (Å²) >= 11 is 0. The lowest BCUT2D eigenvalue weighted by Gasteiger charge is -2.44. The summed E-state index contributed by atoms with van der Waals surface area (Å²) in [6.45, 7) is 6.75. The Hall–Kier alpha value is -1.06. The molecule has 4 nitrogen and oxygen atoms in total. The van der Waals surface area contributed by atoms with Crippen molar-refractivity contribution >= 4 is 11.8 Å². The van der Waals surface area contributed by atoms with Crippen LogP contribution in [0.2, 0.25) is 0 Å². The van der Waals surface area contributed by atoms with Gasteiger partial charge in [0.05, 0.1) is 0 Å². The van der Waals surface area contributed by atoms with Crippen molar-refractivity contribution < 1.29 is 9.59 Å². The number of carbonyl (C=O) groups is 2. The molecule has 2 atom stereocenters. The zero-order valence-electron chi connectivity index (χ0n) is 12.4. The summed E-state index contributed by atoms with van der Waals surface area (Å²) in [5, 5.41) is 3.00. The van der Waals surface area contributed by atoms with Crippen LogP contribution in [0.15, 0.2) is 0 Å². The van der Waals surface area contributed by atoms with Crippen LogP contribution >= 0.6 is 0 Å². The number of amides is 2. The highest BCUT2D eigenvalue weighted by atomic mass is 16.2. The van der Waals surface area contributed by atoms with Gasteiger partial charge in [-0.05, 0) is 38.5 Å². The molecule has 1 aliphatic heterocycles. The molecule has 0 aromatic rings. The molecule has 0 aromatic carbocycles. The third-order valence-electron chi connectivity index (χ3n) is 4.55. The first-order valence-electron chi connectivity index (χ1n) is 7.67. The van der Waals surface area contributed by atoms with E-state index in [1.54, 1.807) is 0 Å². The highest BCUT2D eigenvalue weighted by Gasteiger charge is 2.54. The van der Waals surface area contributed by atoms with Crippen LogP contribution in [0, 0.1) is 5.92 Å². The molecule has 1 aliphatic carbocycles. The Bertz CT molecular complexity index is 365. The Morgan fingerprint density at radius 2 is 1.95 bits per heavy atom. The van der Waals surface area contributed by atoms with Gasteiger partial charge in [-0.1, -0.05) is 26.7 Å². The molecule has 0 radical (unpaired) electrons. The van der Waals surface area contributed by atoms with E-state index in [0.717, 1.165) is 38.6 Å². The molecule has 0 aromatic heterocycles. The van der Waals surface area contributed by atoms with Crippen LogP contribution in [0.1, 0.15) is 59.3 Å². The summed E-state index contributed by atoms with van der Waals surface area (Å²) in [6.07, 6.45) is 6.05. The van der Waals surface area contributed by atoms with Gasteiger partial charge in [0.15, 0.2) is 0 Å². The molecular weight excluding hydrogens is 240 g/mol. The number of nitrogens with zero attached hydrogens (tertiary/aromatic N) is 1. The van der Waals surface area contributed by atoms with E-state index >= 15 is 0 Å². The van der Waals surface area contributed by atoms with Gasteiger partial charge in [0.25, 0.3) is 0 Å². The van der Waals surface area contributed by atoms with Gasteiger partial charge < -0.3 is 10.2 Å². The molecule has 1 saturated heterocycles. The van der Waals surface area contributed by atoms with Gasteiger partial charge in [0.2, 0.25) is 11.8 Å². The summed E-state index contributed by atoms with van der Waals surface area (Å²) in [4.78, 5) is 26.8. The lowest BCUT2D eigenvalue weighted by molar-refractivity contribution is -0.155. The SMILES string of the molecule is CCCCCN1C(=O)C(C)(C2CC2)NC(=O)C1CC. The van der Waals surface area contributed by atoms with Crippen LogP contribution < -0.4 is 5.32 Å². The van der Waals surface area contributed by atoms with Crippen molar-refractivity contribution in [3.05, 3.63) is 0 Å². The zero-order valence-corrected chi connectivity index (χ0v) is 12.4. The minimum Gasteiger partial charge on any atom is -0.340 e. The van der Waals surface area contributed by atoms with E-state index in [9.17, 15) is 9.59 Å². The highest BCUT2D eigenvalue weighted by molar-refractivity contribution is 6.00. The molecule has 2 fully saturated rings. The highest BCUT2D eigenvalue weighted by Crippen LogP contribution is 2.42. The number of piperazine rings is 1. The summed E-state index contributed by atoms with van der Waals surface area (Å²) in [5.41, 5.74) is -0.644. The van der Waals surface area contributed by atoms with Crippen molar-refractivity contribution in [2.45, 2.75) is 70.9 Å². The van der Waals surface area contributed by atoms with Gasteiger partial charge in [0, 0.05) is 6.54 Å². The second-order valence-corrected chi connectivity index (χ2v) is 6.10. The van der Waals surface area contributed by atoms with Gasteiger partial charge >= 0.3 is 0 Å². The fourth-order valence-corrected chi connectivity index (χ4v) is 3.11. The number of nitrogens with one attached hydrogen (secondary N) is 1. The Morgan fingerprint density at radius 3 is 2.47 bits per heavy atom. The molecule has 0 spiro atoms. The van der Waals surface area contributed by atoms with E-state index < -0.39 is 5.54 Å². The standard InChI is InChI=1S/C15H26N2O2/c1-4-6-7-10-17-12(5-2)13(18)16-15(3,14(17)19)11-8-9-11/h11-12H,4-10H2,1-3H3,(H,16,18). The minimum atomic E-state index is -0.644. The van der Waals surface area contributed by atoms with Crippen LogP contribution in [0.25, 0.3) is 0 Å². The molecule has 2 aliphatic rings.